The standard InChI is InChI=1S/C14H20N2O/c1-11-6-5-7-12(10-11)16-14(17)13-8-3-2-4-9-15-13/h5-7,10,13,15H,2-4,8-9H2,1H3,(H,16,17)/t13-/m1/s1. The predicted octanol–water partition coefficient (Wildman–Crippen LogP) is 2.47. The Bertz CT molecular complexity index is 382. The summed E-state index contributed by atoms with van der Waals surface area (Å²) in [5, 5.41) is 6.28. The molecule has 0 radical (unpaired) electrons. The number of anilines is 1. The average Bonchev–Trinajstić information content (AvgIpc) is 2.57. The number of hydrogen-bond donors (Lipinski definition) is 2. The van der Waals surface area contributed by atoms with Crippen LogP contribution in [0.4, 0.5) is 5.69 Å². The SMILES string of the molecule is Cc1cccc(NC(=O)[C@H]2CCCCCN2)c1. The highest BCUT2D eigenvalue weighted by molar-refractivity contribution is 5.94. The van der Waals surface area contributed by atoms with E-state index < -0.39 is 0 Å². The van der Waals surface area contributed by atoms with Gasteiger partial charge in [-0.15, -0.1) is 0 Å². The maximum Gasteiger partial charge on any atom is 0.241 e. The molecule has 2 N–H and O–H groups in total. The summed E-state index contributed by atoms with van der Waals surface area (Å²) in [5.74, 6) is 0.0949. The molecule has 1 fully saturated rings. The molecule has 3 heteroatoms. The van der Waals surface area contributed by atoms with Crippen LogP contribution in [-0.2, 0) is 4.79 Å². The summed E-state index contributed by atoms with van der Waals surface area (Å²) in [4.78, 5) is 12.1. The third-order valence-corrected chi connectivity index (χ3v) is 3.16. The van der Waals surface area contributed by atoms with Crippen molar-refractivity contribution in [3.8, 4) is 0 Å². The first kappa shape index (κ1) is 12.1. The summed E-state index contributed by atoms with van der Waals surface area (Å²) in [7, 11) is 0. The predicted molar refractivity (Wildman–Crippen MR) is 70.1 cm³/mol. The van der Waals surface area contributed by atoms with Crippen molar-refractivity contribution in [2.75, 3.05) is 11.9 Å². The van der Waals surface area contributed by atoms with Crippen molar-refractivity contribution in [2.45, 2.75) is 38.6 Å². The van der Waals surface area contributed by atoms with E-state index in [9.17, 15) is 4.79 Å². The van der Waals surface area contributed by atoms with Gasteiger partial charge in [-0.05, 0) is 44.0 Å². The molecule has 3 nitrogen and oxygen atoms in total. The minimum absolute atomic E-state index is 0.0296. The maximum atomic E-state index is 12.1. The van der Waals surface area contributed by atoms with Gasteiger partial charge < -0.3 is 10.6 Å². The number of amides is 1. The smallest absolute Gasteiger partial charge is 0.241 e. The van der Waals surface area contributed by atoms with Crippen LogP contribution in [0.1, 0.15) is 31.2 Å². The lowest BCUT2D eigenvalue weighted by Gasteiger charge is -2.15. The van der Waals surface area contributed by atoms with Gasteiger partial charge in [-0.2, -0.15) is 0 Å². The van der Waals surface area contributed by atoms with E-state index in [1.165, 1.54) is 12.8 Å². The largest absolute Gasteiger partial charge is 0.325 e. The molecule has 1 aliphatic heterocycles. The molecule has 1 aliphatic rings. The highest BCUT2D eigenvalue weighted by atomic mass is 16.2. The zero-order chi connectivity index (χ0) is 12.1. The van der Waals surface area contributed by atoms with Crippen molar-refractivity contribution in [1.29, 1.82) is 0 Å². The molecule has 0 saturated carbocycles. The summed E-state index contributed by atoms with van der Waals surface area (Å²) in [6, 6.07) is 7.89. The lowest BCUT2D eigenvalue weighted by Crippen LogP contribution is -2.39. The number of benzene rings is 1. The van der Waals surface area contributed by atoms with E-state index in [0.717, 1.165) is 30.6 Å². The van der Waals surface area contributed by atoms with Crippen LogP contribution in [0.15, 0.2) is 24.3 Å². The normalized spacial score (nSPS) is 20.6. The molecule has 0 bridgehead atoms. The molecule has 17 heavy (non-hydrogen) atoms. The highest BCUT2D eigenvalue weighted by Gasteiger charge is 2.19. The van der Waals surface area contributed by atoms with E-state index in [2.05, 4.69) is 10.6 Å². The van der Waals surface area contributed by atoms with Crippen LogP contribution in [0.5, 0.6) is 0 Å². The van der Waals surface area contributed by atoms with Crippen LogP contribution in [0.25, 0.3) is 0 Å². The maximum absolute atomic E-state index is 12.1. The molecular weight excluding hydrogens is 212 g/mol. The van der Waals surface area contributed by atoms with Crippen LogP contribution in [0.2, 0.25) is 0 Å². The van der Waals surface area contributed by atoms with Gasteiger partial charge in [0.2, 0.25) is 5.91 Å². The van der Waals surface area contributed by atoms with Gasteiger partial charge in [-0.3, -0.25) is 4.79 Å². The Hall–Kier alpha value is -1.35. The van der Waals surface area contributed by atoms with E-state index in [1.54, 1.807) is 0 Å². The van der Waals surface area contributed by atoms with E-state index in [-0.39, 0.29) is 11.9 Å². The van der Waals surface area contributed by atoms with Crippen molar-refractivity contribution in [3.05, 3.63) is 29.8 Å². The second kappa shape index (κ2) is 5.82. The van der Waals surface area contributed by atoms with Gasteiger partial charge in [0.1, 0.15) is 0 Å². The van der Waals surface area contributed by atoms with E-state index in [1.807, 2.05) is 31.2 Å². The van der Waals surface area contributed by atoms with E-state index in [0.29, 0.717) is 0 Å². The molecule has 1 amide bonds. The number of nitrogens with one attached hydrogen (secondary N) is 2. The minimum atomic E-state index is -0.0296. The quantitative estimate of drug-likeness (QED) is 0.822. The van der Waals surface area contributed by atoms with Crippen molar-refractivity contribution < 1.29 is 4.79 Å². The summed E-state index contributed by atoms with van der Waals surface area (Å²) in [5.41, 5.74) is 2.05. The fourth-order valence-corrected chi connectivity index (χ4v) is 2.20. The molecule has 1 aromatic rings. The Labute approximate surface area is 103 Å². The average molecular weight is 232 g/mol. The van der Waals surface area contributed by atoms with Gasteiger partial charge in [0.05, 0.1) is 6.04 Å². The number of rotatable bonds is 2. The van der Waals surface area contributed by atoms with Crippen LogP contribution in [-0.4, -0.2) is 18.5 Å². The van der Waals surface area contributed by atoms with Crippen molar-refractivity contribution in [2.24, 2.45) is 0 Å². The molecular formula is C14H20N2O. The monoisotopic (exact) mass is 232 g/mol. The van der Waals surface area contributed by atoms with Gasteiger partial charge in [0, 0.05) is 5.69 Å². The summed E-state index contributed by atoms with van der Waals surface area (Å²) in [6.07, 6.45) is 4.48. The third-order valence-electron chi connectivity index (χ3n) is 3.16. The highest BCUT2D eigenvalue weighted by Crippen LogP contribution is 2.13. The lowest BCUT2D eigenvalue weighted by atomic mass is 10.1. The summed E-state index contributed by atoms with van der Waals surface area (Å²) in [6.45, 7) is 2.98. The zero-order valence-electron chi connectivity index (χ0n) is 10.3. The first-order valence-electron chi connectivity index (χ1n) is 6.36. The third kappa shape index (κ3) is 3.56. The molecule has 0 aromatic heterocycles. The first-order valence-corrected chi connectivity index (χ1v) is 6.36. The molecule has 92 valence electrons. The van der Waals surface area contributed by atoms with Gasteiger partial charge >= 0.3 is 0 Å². The second-order valence-electron chi connectivity index (χ2n) is 4.71. The Morgan fingerprint density at radius 1 is 1.35 bits per heavy atom. The molecule has 0 aliphatic carbocycles. The minimum Gasteiger partial charge on any atom is -0.325 e. The molecule has 1 saturated heterocycles. The molecule has 0 unspecified atom stereocenters. The van der Waals surface area contributed by atoms with Crippen LogP contribution in [0, 0.1) is 6.92 Å². The van der Waals surface area contributed by atoms with E-state index in [4.69, 9.17) is 0 Å². The molecule has 1 aromatic carbocycles. The lowest BCUT2D eigenvalue weighted by molar-refractivity contribution is -0.118. The van der Waals surface area contributed by atoms with Gasteiger partial charge in [0.25, 0.3) is 0 Å². The van der Waals surface area contributed by atoms with Crippen LogP contribution >= 0.6 is 0 Å². The fourth-order valence-electron chi connectivity index (χ4n) is 2.20. The van der Waals surface area contributed by atoms with Gasteiger partial charge in [-0.25, -0.2) is 0 Å². The zero-order valence-corrected chi connectivity index (χ0v) is 10.3. The van der Waals surface area contributed by atoms with Crippen molar-refractivity contribution in [1.82, 2.24) is 5.32 Å². The Morgan fingerprint density at radius 2 is 2.24 bits per heavy atom. The molecule has 0 spiro atoms. The fraction of sp³-hybridized carbons (Fsp3) is 0.500. The van der Waals surface area contributed by atoms with Gasteiger partial charge in [-0.1, -0.05) is 25.0 Å². The molecule has 2 rings (SSSR count). The van der Waals surface area contributed by atoms with Crippen LogP contribution in [0.3, 0.4) is 0 Å². The second-order valence-corrected chi connectivity index (χ2v) is 4.71. The van der Waals surface area contributed by atoms with Gasteiger partial charge in [0.15, 0.2) is 0 Å². The Kier molecular flexibility index (Phi) is 4.15. The first-order chi connectivity index (χ1) is 8.25. The van der Waals surface area contributed by atoms with E-state index >= 15 is 0 Å². The molecule has 1 heterocycles. The Morgan fingerprint density at radius 3 is 3.06 bits per heavy atom. The number of carbonyl (C=O) groups excluding carboxylic acids is 1. The number of carbonyl (C=O) groups is 1. The van der Waals surface area contributed by atoms with Crippen LogP contribution < -0.4 is 10.6 Å². The Balaban J connectivity index is 1.95. The van der Waals surface area contributed by atoms with Crippen molar-refractivity contribution in [3.63, 3.8) is 0 Å². The number of hydrogen-bond acceptors (Lipinski definition) is 2. The molecule has 1 atom stereocenters. The number of aryl methyl sites for hydroxylation is 1. The van der Waals surface area contributed by atoms with Crippen molar-refractivity contribution >= 4 is 11.6 Å². The summed E-state index contributed by atoms with van der Waals surface area (Å²) >= 11 is 0. The topological polar surface area (TPSA) is 41.1 Å². The summed E-state index contributed by atoms with van der Waals surface area (Å²) < 4.78 is 0.